The Labute approximate surface area is 192 Å². The van der Waals surface area contributed by atoms with E-state index in [1.54, 1.807) is 46.9 Å². The van der Waals surface area contributed by atoms with Gasteiger partial charge in [0.05, 0.1) is 17.1 Å². The second kappa shape index (κ2) is 8.02. The Morgan fingerprint density at radius 3 is 2.38 bits per heavy atom. The van der Waals surface area contributed by atoms with Gasteiger partial charge in [-0.15, -0.1) is 0 Å². The van der Waals surface area contributed by atoms with E-state index in [1.807, 2.05) is 25.3 Å². The highest BCUT2D eigenvalue weighted by Crippen LogP contribution is 2.34. The molecule has 1 atom stereocenters. The number of amides is 1. The van der Waals surface area contributed by atoms with Crippen LogP contribution < -0.4 is 5.32 Å². The number of carbonyl (C=O) groups excluding carboxylic acids is 1. The molecule has 0 unspecified atom stereocenters. The van der Waals surface area contributed by atoms with Crippen molar-refractivity contribution in [1.82, 2.24) is 24.6 Å². The summed E-state index contributed by atoms with van der Waals surface area (Å²) in [5, 5.41) is 9.08. The third kappa shape index (κ3) is 3.79. The summed E-state index contributed by atoms with van der Waals surface area (Å²) < 4.78 is 42.5. The number of halogens is 3. The van der Waals surface area contributed by atoms with E-state index in [1.165, 1.54) is 12.1 Å². The van der Waals surface area contributed by atoms with Crippen molar-refractivity contribution in [2.45, 2.75) is 19.1 Å². The van der Waals surface area contributed by atoms with Gasteiger partial charge >= 0.3 is 6.18 Å². The normalized spacial score (nSPS) is 12.9. The van der Waals surface area contributed by atoms with Crippen LogP contribution in [0.5, 0.6) is 0 Å². The number of aromatic nitrogens is 4. The number of benzene rings is 2. The molecule has 0 spiro atoms. The molecule has 5 rings (SSSR count). The van der Waals surface area contributed by atoms with Gasteiger partial charge in [0.15, 0.2) is 5.65 Å². The molecule has 172 valence electrons. The zero-order valence-corrected chi connectivity index (χ0v) is 18.3. The van der Waals surface area contributed by atoms with Gasteiger partial charge in [0.1, 0.15) is 0 Å². The Hall–Kier alpha value is -4.14. The number of pyridine rings is 1. The molecule has 0 aliphatic carbocycles. The van der Waals surface area contributed by atoms with Crippen molar-refractivity contribution in [3.63, 3.8) is 0 Å². The number of nitrogens with one attached hydrogen (secondary N) is 1. The van der Waals surface area contributed by atoms with Crippen molar-refractivity contribution in [1.29, 1.82) is 0 Å². The lowest BCUT2D eigenvalue weighted by molar-refractivity contribution is -0.137. The van der Waals surface area contributed by atoms with Crippen LogP contribution in [0.4, 0.5) is 13.2 Å². The van der Waals surface area contributed by atoms with E-state index in [0.29, 0.717) is 16.9 Å². The summed E-state index contributed by atoms with van der Waals surface area (Å²) in [5.41, 5.74) is 2.59. The van der Waals surface area contributed by atoms with Gasteiger partial charge < -0.3 is 5.32 Å². The largest absolute Gasteiger partial charge is 0.416 e. The fourth-order valence-corrected chi connectivity index (χ4v) is 4.11. The van der Waals surface area contributed by atoms with Gasteiger partial charge in [-0.1, -0.05) is 0 Å². The van der Waals surface area contributed by atoms with Crippen molar-refractivity contribution in [2.24, 2.45) is 7.05 Å². The number of alkyl halides is 3. The van der Waals surface area contributed by atoms with Gasteiger partial charge in [0.25, 0.3) is 5.91 Å². The maximum Gasteiger partial charge on any atom is 0.416 e. The quantitative estimate of drug-likeness (QED) is 0.387. The first-order chi connectivity index (χ1) is 16.2. The summed E-state index contributed by atoms with van der Waals surface area (Å²) in [4.78, 5) is 17.0. The lowest BCUT2D eigenvalue weighted by atomic mass is 10.1. The third-order valence-corrected chi connectivity index (χ3v) is 5.82. The minimum absolute atomic E-state index is 0.207. The maximum absolute atomic E-state index is 13.0. The van der Waals surface area contributed by atoms with Crippen molar-refractivity contribution in [2.75, 3.05) is 0 Å². The lowest BCUT2D eigenvalue weighted by Crippen LogP contribution is -2.26. The molecule has 0 radical (unpaired) electrons. The van der Waals surface area contributed by atoms with Gasteiger partial charge in [0.2, 0.25) is 0 Å². The molecule has 3 aromatic heterocycles. The van der Waals surface area contributed by atoms with Crippen LogP contribution in [0.2, 0.25) is 0 Å². The highest BCUT2D eigenvalue weighted by Gasteiger charge is 2.30. The van der Waals surface area contributed by atoms with Crippen LogP contribution >= 0.6 is 0 Å². The molecule has 5 aromatic rings. The second-order valence-corrected chi connectivity index (χ2v) is 8.13. The molecule has 0 aliphatic rings. The molecular formula is C25H20F3N5O. The van der Waals surface area contributed by atoms with Gasteiger partial charge in [0, 0.05) is 47.7 Å². The Balaban J connectivity index is 1.56. The molecule has 1 N–H and O–H groups in total. The van der Waals surface area contributed by atoms with E-state index in [9.17, 15) is 18.0 Å². The van der Waals surface area contributed by atoms with E-state index in [2.05, 4.69) is 15.4 Å². The van der Waals surface area contributed by atoms with Crippen LogP contribution in [-0.4, -0.2) is 25.2 Å². The molecule has 9 heteroatoms. The first kappa shape index (κ1) is 21.7. The lowest BCUT2D eigenvalue weighted by Gasteiger charge is -2.14. The SMILES string of the molecule is C[C@@H](NC(=O)c1ccc2c(c1)c1cn(C)nc1n2-c1ccc(C(F)(F)F)cc1)c1ccncc1. The predicted molar refractivity (Wildman–Crippen MR) is 123 cm³/mol. The van der Waals surface area contributed by atoms with Crippen LogP contribution in [-0.2, 0) is 13.2 Å². The van der Waals surface area contributed by atoms with Crippen molar-refractivity contribution in [3.05, 3.63) is 89.9 Å². The molecule has 34 heavy (non-hydrogen) atoms. The van der Waals surface area contributed by atoms with Gasteiger partial charge in [-0.2, -0.15) is 18.3 Å². The van der Waals surface area contributed by atoms with E-state index in [0.717, 1.165) is 34.0 Å². The molecule has 0 bridgehead atoms. The molecular weight excluding hydrogens is 443 g/mol. The predicted octanol–water partition coefficient (Wildman–Crippen LogP) is 5.42. The molecule has 0 aliphatic heterocycles. The standard InChI is InChI=1S/C25H20F3N5O/c1-15(16-9-11-29-12-10-16)30-24(34)17-3-8-22-20(13-17)21-14-32(2)31-23(21)33(22)19-6-4-18(5-7-19)25(26,27)28/h3-15H,1-2H3,(H,30,34)/t15-/m1/s1. The van der Waals surface area contributed by atoms with Crippen LogP contribution in [0.15, 0.2) is 73.2 Å². The number of rotatable bonds is 4. The van der Waals surface area contributed by atoms with E-state index < -0.39 is 11.7 Å². The van der Waals surface area contributed by atoms with Crippen molar-refractivity contribution >= 4 is 27.8 Å². The fraction of sp³-hybridized carbons (Fsp3) is 0.160. The summed E-state index contributed by atoms with van der Waals surface area (Å²) >= 11 is 0. The zero-order chi connectivity index (χ0) is 24.0. The molecule has 0 saturated heterocycles. The molecule has 6 nitrogen and oxygen atoms in total. The Morgan fingerprint density at radius 1 is 1.00 bits per heavy atom. The van der Waals surface area contributed by atoms with Gasteiger partial charge in [-0.25, -0.2) is 0 Å². The summed E-state index contributed by atoms with van der Waals surface area (Å²) in [7, 11) is 1.77. The second-order valence-electron chi connectivity index (χ2n) is 8.13. The van der Waals surface area contributed by atoms with E-state index in [-0.39, 0.29) is 11.9 Å². The monoisotopic (exact) mass is 463 g/mol. The van der Waals surface area contributed by atoms with E-state index >= 15 is 0 Å². The molecule has 0 fully saturated rings. The zero-order valence-electron chi connectivity index (χ0n) is 18.3. The van der Waals surface area contributed by atoms with E-state index in [4.69, 9.17) is 0 Å². The average molecular weight is 463 g/mol. The van der Waals surface area contributed by atoms with Crippen LogP contribution in [0.3, 0.4) is 0 Å². The molecule has 1 amide bonds. The summed E-state index contributed by atoms with van der Waals surface area (Å²) in [5.74, 6) is -0.231. The third-order valence-electron chi connectivity index (χ3n) is 5.82. The van der Waals surface area contributed by atoms with Gasteiger partial charge in [-0.3, -0.25) is 19.0 Å². The summed E-state index contributed by atoms with van der Waals surface area (Å²) in [6, 6.07) is 13.7. The Bertz CT molecular complexity index is 1500. The first-order valence-corrected chi connectivity index (χ1v) is 10.6. The van der Waals surface area contributed by atoms with Crippen molar-refractivity contribution in [3.8, 4) is 5.69 Å². The summed E-state index contributed by atoms with van der Waals surface area (Å²) in [6.45, 7) is 1.90. The number of carbonyl (C=O) groups is 1. The molecule has 3 heterocycles. The van der Waals surface area contributed by atoms with Crippen LogP contribution in [0.25, 0.3) is 27.6 Å². The first-order valence-electron chi connectivity index (χ1n) is 10.6. The average Bonchev–Trinajstić information content (AvgIpc) is 3.33. The molecule has 0 saturated carbocycles. The number of hydrogen-bond acceptors (Lipinski definition) is 3. The highest BCUT2D eigenvalue weighted by molar-refractivity contribution is 6.10. The number of fused-ring (bicyclic) bond motifs is 3. The van der Waals surface area contributed by atoms with Gasteiger partial charge in [-0.05, 0) is 67.1 Å². The summed E-state index contributed by atoms with van der Waals surface area (Å²) in [6.07, 6.45) is 0.771. The Kier molecular flexibility index (Phi) is 5.11. The topological polar surface area (TPSA) is 64.7 Å². The number of nitrogens with zero attached hydrogens (tertiary/aromatic N) is 4. The molecule has 2 aromatic carbocycles. The smallest absolute Gasteiger partial charge is 0.346 e. The minimum atomic E-state index is -4.41. The minimum Gasteiger partial charge on any atom is -0.346 e. The number of hydrogen-bond donors (Lipinski definition) is 1. The van der Waals surface area contributed by atoms with Crippen LogP contribution in [0.1, 0.15) is 34.5 Å². The van der Waals surface area contributed by atoms with Crippen LogP contribution in [0, 0.1) is 0 Å². The Morgan fingerprint density at radius 2 is 1.71 bits per heavy atom. The highest BCUT2D eigenvalue weighted by atomic mass is 19.4. The number of aryl methyl sites for hydroxylation is 1. The maximum atomic E-state index is 13.0. The fourth-order valence-electron chi connectivity index (χ4n) is 4.11. The van der Waals surface area contributed by atoms with Crippen molar-refractivity contribution < 1.29 is 18.0 Å².